The lowest BCUT2D eigenvalue weighted by atomic mass is 9.91. The smallest absolute Gasteiger partial charge is 0.417 e. The number of β-lactam (4-membered cyclic amide) rings is 1. The predicted molar refractivity (Wildman–Crippen MR) is 88.2 cm³/mol. The molecule has 132 valence electrons. The number of rotatable bonds is 4. The zero-order valence-electron chi connectivity index (χ0n) is 15.0. The molecule has 1 aromatic rings. The lowest BCUT2D eigenvalue weighted by molar-refractivity contribution is -0.252. The Morgan fingerprint density at radius 1 is 1.08 bits per heavy atom. The number of hydrogen-bond donors (Lipinski definition) is 0. The van der Waals surface area contributed by atoms with Crippen LogP contribution in [-0.4, -0.2) is 41.5 Å². The van der Waals surface area contributed by atoms with Crippen LogP contribution in [0.5, 0.6) is 0 Å². The van der Waals surface area contributed by atoms with E-state index in [1.165, 1.54) is 7.11 Å². The molecule has 1 heterocycles. The van der Waals surface area contributed by atoms with Gasteiger partial charge in [0.1, 0.15) is 11.6 Å². The molecule has 2 atom stereocenters. The first-order valence-corrected chi connectivity index (χ1v) is 7.90. The van der Waals surface area contributed by atoms with Crippen molar-refractivity contribution >= 4 is 12.0 Å². The first-order chi connectivity index (χ1) is 11.1. The van der Waals surface area contributed by atoms with Gasteiger partial charge >= 0.3 is 6.09 Å². The molecule has 0 N–H and O–H groups in total. The molecule has 1 aromatic carbocycles. The minimum atomic E-state index is -0.937. The van der Waals surface area contributed by atoms with Gasteiger partial charge in [0.25, 0.3) is 5.91 Å². The molecule has 2 rings (SSSR count). The van der Waals surface area contributed by atoms with Gasteiger partial charge in [0.2, 0.25) is 0 Å². The van der Waals surface area contributed by atoms with Gasteiger partial charge in [0, 0.05) is 7.11 Å². The second-order valence-corrected chi connectivity index (χ2v) is 7.19. The zero-order chi connectivity index (χ0) is 18.1. The van der Waals surface area contributed by atoms with Crippen LogP contribution in [0.4, 0.5) is 4.79 Å². The standard InChI is InChI=1S/C18H25NO5/c1-17(2,3)24-16(21)19-13(12-10-8-7-9-11-12)14(15(19)20)23-18(4,5)22-6/h7-11,13-14H,1-6H3/t13-,14-/m1/s1. The molecular weight excluding hydrogens is 310 g/mol. The summed E-state index contributed by atoms with van der Waals surface area (Å²) < 4.78 is 16.4. The van der Waals surface area contributed by atoms with Gasteiger partial charge in [-0.25, -0.2) is 9.69 Å². The maximum atomic E-state index is 12.5. The fourth-order valence-electron chi connectivity index (χ4n) is 2.42. The van der Waals surface area contributed by atoms with Crippen LogP contribution in [0.1, 0.15) is 46.2 Å². The number of carbonyl (C=O) groups is 2. The average molecular weight is 335 g/mol. The van der Waals surface area contributed by atoms with E-state index in [2.05, 4.69) is 0 Å². The van der Waals surface area contributed by atoms with Crippen LogP contribution < -0.4 is 0 Å². The Bertz CT molecular complexity index is 606. The van der Waals surface area contributed by atoms with Gasteiger partial charge in [-0.15, -0.1) is 0 Å². The Morgan fingerprint density at radius 2 is 1.67 bits per heavy atom. The molecule has 0 radical (unpaired) electrons. The van der Waals surface area contributed by atoms with Crippen LogP contribution in [0.25, 0.3) is 0 Å². The van der Waals surface area contributed by atoms with Crippen molar-refractivity contribution in [2.24, 2.45) is 0 Å². The van der Waals surface area contributed by atoms with Crippen LogP contribution in [0.3, 0.4) is 0 Å². The molecule has 1 saturated heterocycles. The molecule has 0 bridgehead atoms. The lowest BCUT2D eigenvalue weighted by Crippen LogP contribution is -2.64. The minimum absolute atomic E-state index is 0.428. The van der Waals surface area contributed by atoms with E-state index in [1.807, 2.05) is 30.3 Å². The fraction of sp³-hybridized carbons (Fsp3) is 0.556. The number of ether oxygens (including phenoxy) is 3. The summed E-state index contributed by atoms with van der Waals surface area (Å²) in [6.07, 6.45) is -1.47. The van der Waals surface area contributed by atoms with Gasteiger partial charge in [-0.05, 0) is 40.2 Å². The average Bonchev–Trinajstić information content (AvgIpc) is 2.49. The van der Waals surface area contributed by atoms with E-state index in [0.717, 1.165) is 10.5 Å². The molecule has 1 aliphatic rings. The van der Waals surface area contributed by atoms with Crippen molar-refractivity contribution in [2.75, 3.05) is 7.11 Å². The fourth-order valence-corrected chi connectivity index (χ4v) is 2.42. The quantitative estimate of drug-likeness (QED) is 0.624. The summed E-state index contributed by atoms with van der Waals surface area (Å²) in [7, 11) is 1.51. The Labute approximate surface area is 142 Å². The second kappa shape index (κ2) is 6.53. The van der Waals surface area contributed by atoms with E-state index < -0.39 is 35.5 Å². The van der Waals surface area contributed by atoms with E-state index in [-0.39, 0.29) is 0 Å². The predicted octanol–water partition coefficient (Wildman–Crippen LogP) is 3.27. The largest absolute Gasteiger partial charge is 0.443 e. The SMILES string of the molecule is COC(C)(C)O[C@H]1C(=O)N(C(=O)OC(C)(C)C)[C@@H]1c1ccccc1. The minimum Gasteiger partial charge on any atom is -0.443 e. The normalized spacial score (nSPS) is 21.4. The summed E-state index contributed by atoms with van der Waals surface area (Å²) >= 11 is 0. The van der Waals surface area contributed by atoms with Gasteiger partial charge < -0.3 is 14.2 Å². The number of hydrogen-bond acceptors (Lipinski definition) is 5. The molecule has 6 heteroatoms. The number of methoxy groups -OCH3 is 1. The van der Waals surface area contributed by atoms with Crippen LogP contribution >= 0.6 is 0 Å². The van der Waals surface area contributed by atoms with Gasteiger partial charge in [0.15, 0.2) is 11.9 Å². The van der Waals surface area contributed by atoms with E-state index in [9.17, 15) is 9.59 Å². The molecule has 0 unspecified atom stereocenters. The monoisotopic (exact) mass is 335 g/mol. The maximum Gasteiger partial charge on any atom is 0.417 e. The Morgan fingerprint density at radius 3 is 2.17 bits per heavy atom. The van der Waals surface area contributed by atoms with Crippen LogP contribution in [0, 0.1) is 0 Å². The Balaban J connectivity index is 2.28. The van der Waals surface area contributed by atoms with Crippen molar-refractivity contribution < 1.29 is 23.8 Å². The molecule has 1 fully saturated rings. The molecule has 24 heavy (non-hydrogen) atoms. The van der Waals surface area contributed by atoms with E-state index in [0.29, 0.717) is 0 Å². The van der Waals surface area contributed by atoms with Gasteiger partial charge in [0.05, 0.1) is 0 Å². The molecule has 2 amide bonds. The number of carbonyl (C=O) groups excluding carboxylic acids is 2. The van der Waals surface area contributed by atoms with Crippen molar-refractivity contribution in [1.29, 1.82) is 0 Å². The summed E-state index contributed by atoms with van der Waals surface area (Å²) in [5, 5.41) is 0. The number of nitrogens with zero attached hydrogens (tertiary/aromatic N) is 1. The molecule has 0 aliphatic carbocycles. The summed E-state index contributed by atoms with van der Waals surface area (Å²) in [5.41, 5.74) is 0.121. The third-order valence-electron chi connectivity index (χ3n) is 3.68. The highest BCUT2D eigenvalue weighted by Crippen LogP contribution is 2.40. The van der Waals surface area contributed by atoms with Crippen molar-refractivity contribution in [3.05, 3.63) is 35.9 Å². The summed E-state index contributed by atoms with van der Waals surface area (Å²) in [6.45, 7) is 8.72. The third kappa shape index (κ3) is 3.94. The topological polar surface area (TPSA) is 65.1 Å². The maximum absolute atomic E-state index is 12.5. The van der Waals surface area contributed by atoms with E-state index >= 15 is 0 Å². The second-order valence-electron chi connectivity index (χ2n) is 7.19. The first-order valence-electron chi connectivity index (χ1n) is 7.90. The molecule has 1 aliphatic heterocycles. The third-order valence-corrected chi connectivity index (χ3v) is 3.68. The van der Waals surface area contributed by atoms with Gasteiger partial charge in [-0.3, -0.25) is 4.79 Å². The first kappa shape index (κ1) is 18.4. The zero-order valence-corrected chi connectivity index (χ0v) is 15.0. The number of likely N-dealkylation sites (tertiary alicyclic amines) is 1. The van der Waals surface area contributed by atoms with Crippen molar-refractivity contribution in [1.82, 2.24) is 4.90 Å². The summed E-state index contributed by atoms with van der Waals surface area (Å²) in [5.74, 6) is -1.36. The molecule has 0 aromatic heterocycles. The Hall–Kier alpha value is -1.92. The Kier molecular flexibility index (Phi) is 5.01. The summed E-state index contributed by atoms with van der Waals surface area (Å²) in [4.78, 5) is 26.0. The number of benzene rings is 1. The van der Waals surface area contributed by atoms with Crippen molar-refractivity contribution in [2.45, 2.75) is 58.2 Å². The van der Waals surface area contributed by atoms with E-state index in [1.54, 1.807) is 34.6 Å². The highest BCUT2D eigenvalue weighted by atomic mass is 16.7. The van der Waals surface area contributed by atoms with Crippen LogP contribution in [0.2, 0.25) is 0 Å². The van der Waals surface area contributed by atoms with Gasteiger partial charge in [-0.1, -0.05) is 30.3 Å². The van der Waals surface area contributed by atoms with Gasteiger partial charge in [-0.2, -0.15) is 0 Å². The number of imide groups is 1. The van der Waals surface area contributed by atoms with Crippen LogP contribution in [-0.2, 0) is 19.0 Å². The van der Waals surface area contributed by atoms with Crippen molar-refractivity contribution in [3.8, 4) is 0 Å². The molecule has 6 nitrogen and oxygen atoms in total. The molecular formula is C18H25NO5. The van der Waals surface area contributed by atoms with Crippen molar-refractivity contribution in [3.63, 3.8) is 0 Å². The van der Waals surface area contributed by atoms with E-state index in [4.69, 9.17) is 14.2 Å². The highest BCUT2D eigenvalue weighted by Gasteiger charge is 2.55. The van der Waals surface area contributed by atoms with Crippen LogP contribution in [0.15, 0.2) is 30.3 Å². The summed E-state index contributed by atoms with van der Waals surface area (Å²) in [6, 6.07) is 8.74. The lowest BCUT2D eigenvalue weighted by Gasteiger charge is -2.47. The molecule has 0 saturated carbocycles. The number of amides is 2. The molecule has 0 spiro atoms. The highest BCUT2D eigenvalue weighted by molar-refractivity contribution is 6.01.